The van der Waals surface area contributed by atoms with Crippen LogP contribution in [-0.4, -0.2) is 11.1 Å². The highest BCUT2D eigenvalue weighted by Gasteiger charge is 2.31. The van der Waals surface area contributed by atoms with Crippen LogP contribution < -0.4 is 11.3 Å². The number of nitrogens with zero attached hydrogens (tertiary/aromatic N) is 1. The van der Waals surface area contributed by atoms with E-state index in [1.165, 1.54) is 0 Å². The molecule has 1 aromatic heterocycles. The largest absolute Gasteiger partial charge is 0.417 e. The Balaban J connectivity index is 3.04. The second-order valence-corrected chi connectivity index (χ2v) is 3.98. The maximum Gasteiger partial charge on any atom is 0.417 e. The van der Waals surface area contributed by atoms with E-state index < -0.39 is 22.3 Å². The number of aryl methyl sites for hydroxylation is 1. The zero-order chi connectivity index (χ0) is 13.1. The molecule has 0 spiro atoms. The Hall–Kier alpha value is -1.01. The van der Waals surface area contributed by atoms with E-state index in [1.54, 1.807) is 0 Å². The smallest absolute Gasteiger partial charge is 0.330 e. The summed E-state index contributed by atoms with van der Waals surface area (Å²) in [5.74, 6) is 0. The zero-order valence-electron chi connectivity index (χ0n) is 8.93. The lowest BCUT2D eigenvalue weighted by molar-refractivity contribution is -0.138. The van der Waals surface area contributed by atoms with Crippen molar-refractivity contribution in [2.24, 2.45) is 5.73 Å². The molecule has 0 aliphatic rings. The molecule has 0 saturated carbocycles. The molecule has 1 rings (SSSR count). The number of nitrogens with two attached hydrogens (primary N) is 1. The molecule has 0 radical (unpaired) electrons. The fourth-order valence-electron chi connectivity index (χ4n) is 1.35. The van der Waals surface area contributed by atoms with E-state index in [0.29, 0.717) is 25.5 Å². The molecule has 0 aliphatic heterocycles. The molecule has 0 amide bonds. The number of rotatable bonds is 4. The molecule has 17 heavy (non-hydrogen) atoms. The van der Waals surface area contributed by atoms with Gasteiger partial charge in [-0.1, -0.05) is 11.6 Å². The monoisotopic (exact) mass is 268 g/mol. The van der Waals surface area contributed by atoms with Crippen molar-refractivity contribution in [1.82, 2.24) is 4.57 Å². The van der Waals surface area contributed by atoms with Gasteiger partial charge in [0, 0.05) is 12.7 Å². The fraction of sp³-hybridized carbons (Fsp3) is 0.500. The van der Waals surface area contributed by atoms with Crippen molar-refractivity contribution < 1.29 is 13.2 Å². The Labute approximate surface area is 101 Å². The first-order valence-corrected chi connectivity index (χ1v) is 5.41. The Kier molecular flexibility index (Phi) is 4.59. The Bertz CT molecular complexity index is 442. The van der Waals surface area contributed by atoms with Crippen molar-refractivity contribution >= 4 is 11.6 Å². The van der Waals surface area contributed by atoms with Crippen molar-refractivity contribution in [2.45, 2.75) is 25.6 Å². The van der Waals surface area contributed by atoms with Gasteiger partial charge in [0.1, 0.15) is 5.02 Å². The second-order valence-electron chi connectivity index (χ2n) is 3.57. The zero-order valence-corrected chi connectivity index (χ0v) is 9.68. The molecule has 0 unspecified atom stereocenters. The van der Waals surface area contributed by atoms with Gasteiger partial charge in [0.2, 0.25) is 0 Å². The van der Waals surface area contributed by atoms with Crippen LogP contribution in [0.15, 0.2) is 17.1 Å². The summed E-state index contributed by atoms with van der Waals surface area (Å²) in [5, 5.41) is -0.424. The third kappa shape index (κ3) is 3.74. The Morgan fingerprint density at radius 1 is 1.35 bits per heavy atom. The van der Waals surface area contributed by atoms with Crippen LogP contribution in [0.4, 0.5) is 13.2 Å². The normalized spacial score (nSPS) is 11.8. The number of hydrogen-bond acceptors (Lipinski definition) is 2. The van der Waals surface area contributed by atoms with Crippen LogP contribution in [0.3, 0.4) is 0 Å². The lowest BCUT2D eigenvalue weighted by Gasteiger charge is -2.11. The highest BCUT2D eigenvalue weighted by atomic mass is 35.5. The first-order valence-electron chi connectivity index (χ1n) is 5.03. The molecule has 2 N–H and O–H groups in total. The summed E-state index contributed by atoms with van der Waals surface area (Å²) in [7, 11) is 0. The molecule has 0 atom stereocenters. The van der Waals surface area contributed by atoms with Gasteiger partial charge in [0.05, 0.1) is 5.56 Å². The summed E-state index contributed by atoms with van der Waals surface area (Å²) in [6, 6.07) is 0.642. The van der Waals surface area contributed by atoms with Crippen LogP contribution in [0.2, 0.25) is 5.02 Å². The molecule has 96 valence electrons. The first kappa shape index (κ1) is 14.1. The van der Waals surface area contributed by atoms with Crippen molar-refractivity contribution in [2.75, 3.05) is 6.54 Å². The standard InChI is InChI=1S/C10H12ClF3N2O/c11-8-5-7(10(12,13)14)6-16(9(8)17)4-2-1-3-15/h5-6H,1-4,15H2. The van der Waals surface area contributed by atoms with E-state index >= 15 is 0 Å². The van der Waals surface area contributed by atoms with Crippen molar-refractivity contribution in [3.63, 3.8) is 0 Å². The summed E-state index contributed by atoms with van der Waals surface area (Å²) in [6.07, 6.45) is -2.55. The quantitative estimate of drug-likeness (QED) is 0.852. The SMILES string of the molecule is NCCCCn1cc(C(F)(F)F)cc(Cl)c1=O. The van der Waals surface area contributed by atoms with Gasteiger partial charge in [0.25, 0.3) is 5.56 Å². The average molecular weight is 269 g/mol. The highest BCUT2D eigenvalue weighted by molar-refractivity contribution is 6.30. The molecule has 0 fully saturated rings. The van der Waals surface area contributed by atoms with E-state index in [0.717, 1.165) is 10.8 Å². The molecule has 0 aromatic carbocycles. The number of aromatic nitrogens is 1. The topological polar surface area (TPSA) is 48.0 Å². The van der Waals surface area contributed by atoms with Gasteiger partial charge in [-0.2, -0.15) is 13.2 Å². The summed E-state index contributed by atoms with van der Waals surface area (Å²) in [6.45, 7) is 0.612. The van der Waals surface area contributed by atoms with Gasteiger partial charge in [-0.25, -0.2) is 0 Å². The van der Waals surface area contributed by atoms with Crippen LogP contribution >= 0.6 is 11.6 Å². The highest BCUT2D eigenvalue weighted by Crippen LogP contribution is 2.29. The molecule has 0 saturated heterocycles. The molecule has 0 bridgehead atoms. The number of pyridine rings is 1. The van der Waals surface area contributed by atoms with Gasteiger partial charge in [0.15, 0.2) is 0 Å². The molecule has 3 nitrogen and oxygen atoms in total. The minimum absolute atomic E-state index is 0.180. The molecule has 0 aliphatic carbocycles. The van der Waals surface area contributed by atoms with E-state index in [-0.39, 0.29) is 6.54 Å². The van der Waals surface area contributed by atoms with Gasteiger partial charge in [-0.15, -0.1) is 0 Å². The third-order valence-electron chi connectivity index (χ3n) is 2.22. The van der Waals surface area contributed by atoms with Gasteiger partial charge in [-0.3, -0.25) is 4.79 Å². The van der Waals surface area contributed by atoms with Crippen molar-refractivity contribution in [1.29, 1.82) is 0 Å². The Morgan fingerprint density at radius 3 is 2.53 bits per heavy atom. The summed E-state index contributed by atoms with van der Waals surface area (Å²) < 4.78 is 38.4. The van der Waals surface area contributed by atoms with Crippen molar-refractivity contribution in [3.05, 3.63) is 33.2 Å². The minimum Gasteiger partial charge on any atom is -0.330 e. The van der Waals surface area contributed by atoms with Crippen LogP contribution in [0.1, 0.15) is 18.4 Å². The maximum absolute atomic E-state index is 12.5. The molecule has 7 heteroatoms. The molecule has 1 aromatic rings. The summed E-state index contributed by atoms with van der Waals surface area (Å²) in [4.78, 5) is 11.5. The summed E-state index contributed by atoms with van der Waals surface area (Å²) in [5.41, 5.74) is 3.73. The second kappa shape index (κ2) is 5.55. The first-order chi connectivity index (χ1) is 7.86. The maximum atomic E-state index is 12.5. The molecular weight excluding hydrogens is 257 g/mol. The third-order valence-corrected chi connectivity index (χ3v) is 2.49. The predicted octanol–water partition coefficient (Wildman–Crippen LogP) is 2.26. The van der Waals surface area contributed by atoms with Crippen LogP contribution in [0.25, 0.3) is 0 Å². The predicted molar refractivity (Wildman–Crippen MR) is 59.0 cm³/mol. The number of hydrogen-bond donors (Lipinski definition) is 1. The lowest BCUT2D eigenvalue weighted by atomic mass is 10.2. The van der Waals surface area contributed by atoms with Gasteiger partial charge >= 0.3 is 6.18 Å². The van der Waals surface area contributed by atoms with Crippen LogP contribution in [0.5, 0.6) is 0 Å². The van der Waals surface area contributed by atoms with E-state index in [9.17, 15) is 18.0 Å². The van der Waals surface area contributed by atoms with E-state index in [2.05, 4.69) is 0 Å². The minimum atomic E-state index is -4.51. The van der Waals surface area contributed by atoms with Gasteiger partial charge in [-0.05, 0) is 25.5 Å². The van der Waals surface area contributed by atoms with E-state index in [4.69, 9.17) is 17.3 Å². The lowest BCUT2D eigenvalue weighted by Crippen LogP contribution is -2.23. The molecule has 1 heterocycles. The Morgan fingerprint density at radius 2 is 2.00 bits per heavy atom. The van der Waals surface area contributed by atoms with Gasteiger partial charge < -0.3 is 10.3 Å². The number of halogens is 4. The number of alkyl halides is 3. The van der Waals surface area contributed by atoms with E-state index in [1.807, 2.05) is 0 Å². The van der Waals surface area contributed by atoms with Crippen LogP contribution in [-0.2, 0) is 12.7 Å². The average Bonchev–Trinajstić information content (AvgIpc) is 2.22. The van der Waals surface area contributed by atoms with Crippen molar-refractivity contribution in [3.8, 4) is 0 Å². The molecular formula is C10H12ClF3N2O. The van der Waals surface area contributed by atoms with Crippen LogP contribution in [0, 0.1) is 0 Å². The fourth-order valence-corrected chi connectivity index (χ4v) is 1.57. The number of unbranched alkanes of at least 4 members (excludes halogenated alkanes) is 1. The summed E-state index contributed by atoms with van der Waals surface area (Å²) >= 11 is 5.48.